The fourth-order valence-electron chi connectivity index (χ4n) is 10.9. The van der Waals surface area contributed by atoms with Crippen LogP contribution in [0, 0.1) is 56.7 Å². The highest BCUT2D eigenvalue weighted by Crippen LogP contribution is 2.75. The largest absolute Gasteiger partial charge is 0.396 e. The van der Waals surface area contributed by atoms with Gasteiger partial charge in [-0.25, -0.2) is 0 Å². The molecule has 0 amide bonds. The van der Waals surface area contributed by atoms with Crippen LogP contribution in [0.15, 0.2) is 11.6 Å². The molecule has 2 nitrogen and oxygen atoms in total. The highest BCUT2D eigenvalue weighted by atomic mass is 16.3. The SMILES string of the molecule is C[C@H]1[C@H]2C3=CC[C@H]4[C@@]5(C)CC[C@H](O)C(C)(C)[C@@H]5CC[C@]4(C)[C@]3(C)CC[C@]2(CO)CC[C@@H]1C. The second-order valence-corrected chi connectivity index (χ2v) is 14.5. The first kappa shape index (κ1) is 23.4. The lowest BCUT2D eigenvalue weighted by Gasteiger charge is -2.71. The Morgan fingerprint density at radius 1 is 0.875 bits per heavy atom. The van der Waals surface area contributed by atoms with Gasteiger partial charge in [0.1, 0.15) is 0 Å². The minimum atomic E-state index is -0.153. The van der Waals surface area contributed by atoms with Crippen molar-refractivity contribution in [2.75, 3.05) is 6.61 Å². The van der Waals surface area contributed by atoms with Crippen LogP contribution in [0.4, 0.5) is 0 Å². The van der Waals surface area contributed by atoms with Crippen LogP contribution < -0.4 is 0 Å². The summed E-state index contributed by atoms with van der Waals surface area (Å²) in [6.45, 7) is 17.9. The van der Waals surface area contributed by atoms with Crippen molar-refractivity contribution in [3.05, 3.63) is 11.6 Å². The van der Waals surface area contributed by atoms with E-state index in [0.29, 0.717) is 41.1 Å². The van der Waals surface area contributed by atoms with Crippen molar-refractivity contribution in [1.82, 2.24) is 0 Å². The molecule has 182 valence electrons. The Labute approximate surface area is 197 Å². The van der Waals surface area contributed by atoms with E-state index in [1.807, 2.05) is 0 Å². The molecule has 10 atom stereocenters. The van der Waals surface area contributed by atoms with Gasteiger partial charge in [-0.15, -0.1) is 0 Å². The summed E-state index contributed by atoms with van der Waals surface area (Å²) in [4.78, 5) is 0. The molecule has 0 saturated heterocycles. The summed E-state index contributed by atoms with van der Waals surface area (Å²) in [5.74, 6) is 3.29. The highest BCUT2D eigenvalue weighted by molar-refractivity contribution is 5.34. The molecular weight excluding hydrogens is 392 g/mol. The molecule has 5 aliphatic rings. The third-order valence-electron chi connectivity index (χ3n) is 13.5. The normalized spacial score (nSPS) is 56.8. The molecule has 0 aromatic rings. The van der Waals surface area contributed by atoms with Crippen molar-refractivity contribution in [1.29, 1.82) is 0 Å². The molecule has 32 heavy (non-hydrogen) atoms. The molecule has 4 fully saturated rings. The third-order valence-corrected chi connectivity index (χ3v) is 13.5. The first-order valence-electron chi connectivity index (χ1n) is 13.9. The van der Waals surface area contributed by atoms with E-state index in [0.717, 1.165) is 12.3 Å². The van der Waals surface area contributed by atoms with Gasteiger partial charge in [0.05, 0.1) is 6.10 Å². The lowest BCUT2D eigenvalue weighted by Crippen LogP contribution is -2.65. The zero-order valence-corrected chi connectivity index (χ0v) is 22.0. The molecular formula is C30H50O2. The molecule has 0 aliphatic heterocycles. The summed E-state index contributed by atoms with van der Waals surface area (Å²) >= 11 is 0. The Morgan fingerprint density at radius 3 is 2.28 bits per heavy atom. The molecule has 0 unspecified atom stereocenters. The first-order chi connectivity index (χ1) is 14.9. The van der Waals surface area contributed by atoms with Crippen molar-refractivity contribution >= 4 is 0 Å². The van der Waals surface area contributed by atoms with Crippen LogP contribution in [0.5, 0.6) is 0 Å². The summed E-state index contributed by atoms with van der Waals surface area (Å²) in [5.41, 5.74) is 2.77. The number of aliphatic hydroxyl groups excluding tert-OH is 2. The number of hydrogen-bond donors (Lipinski definition) is 2. The number of aliphatic hydroxyl groups is 2. The molecule has 0 heterocycles. The molecule has 0 bridgehead atoms. The van der Waals surface area contributed by atoms with Gasteiger partial charge in [0.2, 0.25) is 0 Å². The van der Waals surface area contributed by atoms with Gasteiger partial charge in [0, 0.05) is 12.0 Å². The monoisotopic (exact) mass is 442 g/mol. The fraction of sp³-hybridized carbons (Fsp3) is 0.933. The van der Waals surface area contributed by atoms with E-state index >= 15 is 0 Å². The number of hydrogen-bond acceptors (Lipinski definition) is 2. The van der Waals surface area contributed by atoms with Crippen molar-refractivity contribution in [2.24, 2.45) is 56.7 Å². The first-order valence-corrected chi connectivity index (χ1v) is 13.9. The summed E-state index contributed by atoms with van der Waals surface area (Å²) in [7, 11) is 0. The smallest absolute Gasteiger partial charge is 0.0594 e. The number of allylic oxidation sites excluding steroid dienone is 2. The summed E-state index contributed by atoms with van der Waals surface area (Å²) < 4.78 is 0. The van der Waals surface area contributed by atoms with Crippen molar-refractivity contribution < 1.29 is 10.2 Å². The second-order valence-electron chi connectivity index (χ2n) is 14.5. The van der Waals surface area contributed by atoms with E-state index in [1.165, 1.54) is 51.4 Å². The average molecular weight is 443 g/mol. The van der Waals surface area contributed by atoms with E-state index in [1.54, 1.807) is 5.57 Å². The fourth-order valence-corrected chi connectivity index (χ4v) is 10.9. The summed E-state index contributed by atoms with van der Waals surface area (Å²) in [6, 6.07) is 0. The maximum Gasteiger partial charge on any atom is 0.0594 e. The zero-order valence-electron chi connectivity index (χ0n) is 22.0. The molecule has 0 aromatic carbocycles. The van der Waals surface area contributed by atoms with Crippen molar-refractivity contribution in [3.8, 4) is 0 Å². The molecule has 0 spiro atoms. The quantitative estimate of drug-likeness (QED) is 0.429. The van der Waals surface area contributed by atoms with E-state index in [9.17, 15) is 10.2 Å². The second kappa shape index (κ2) is 7.09. The molecule has 2 heteroatoms. The van der Waals surface area contributed by atoms with Crippen LogP contribution in [0.25, 0.3) is 0 Å². The standard InChI is InChI=1S/C30H50O2/c1-19-10-15-30(18-31)17-16-28(6)21(25(30)20(19)2)8-9-23-27(5)13-12-24(32)26(3,4)22(27)11-14-29(23,28)7/h8,19-20,22-25,31-32H,9-18H2,1-7H3/t19-,20+,22-,23-,24-,25-,27-,28+,29-,30-/m0/s1. The van der Waals surface area contributed by atoms with Crippen LogP contribution in [-0.4, -0.2) is 22.9 Å². The Hall–Kier alpha value is -0.340. The van der Waals surface area contributed by atoms with E-state index in [4.69, 9.17) is 0 Å². The molecule has 5 aliphatic carbocycles. The lowest BCUT2D eigenvalue weighted by molar-refractivity contribution is -0.205. The number of rotatable bonds is 1. The maximum absolute atomic E-state index is 10.9. The number of fused-ring (bicyclic) bond motifs is 7. The van der Waals surface area contributed by atoms with Gasteiger partial charge in [-0.3, -0.25) is 0 Å². The van der Waals surface area contributed by atoms with E-state index < -0.39 is 0 Å². The van der Waals surface area contributed by atoms with Crippen LogP contribution >= 0.6 is 0 Å². The Kier molecular flexibility index (Phi) is 5.19. The third kappa shape index (κ3) is 2.66. The predicted molar refractivity (Wildman–Crippen MR) is 132 cm³/mol. The van der Waals surface area contributed by atoms with Crippen LogP contribution in [0.1, 0.15) is 106 Å². The minimum Gasteiger partial charge on any atom is -0.396 e. The van der Waals surface area contributed by atoms with Crippen LogP contribution in [-0.2, 0) is 0 Å². The maximum atomic E-state index is 10.9. The van der Waals surface area contributed by atoms with Crippen LogP contribution in [0.2, 0.25) is 0 Å². The van der Waals surface area contributed by atoms with Gasteiger partial charge >= 0.3 is 0 Å². The van der Waals surface area contributed by atoms with E-state index in [-0.39, 0.29) is 22.3 Å². The van der Waals surface area contributed by atoms with Gasteiger partial charge in [-0.2, -0.15) is 0 Å². The van der Waals surface area contributed by atoms with E-state index in [2.05, 4.69) is 54.5 Å². The summed E-state index contributed by atoms with van der Waals surface area (Å²) in [6.07, 6.45) is 13.4. The van der Waals surface area contributed by atoms with Gasteiger partial charge in [0.25, 0.3) is 0 Å². The molecule has 0 aromatic heterocycles. The van der Waals surface area contributed by atoms with Gasteiger partial charge < -0.3 is 10.2 Å². The van der Waals surface area contributed by atoms with Crippen molar-refractivity contribution in [3.63, 3.8) is 0 Å². The van der Waals surface area contributed by atoms with Gasteiger partial charge in [0.15, 0.2) is 0 Å². The average Bonchev–Trinajstić information content (AvgIpc) is 2.74. The highest BCUT2D eigenvalue weighted by Gasteiger charge is 2.68. The predicted octanol–water partition coefficient (Wildman–Crippen LogP) is 7.00. The topological polar surface area (TPSA) is 40.5 Å². The van der Waals surface area contributed by atoms with Crippen molar-refractivity contribution in [2.45, 2.75) is 112 Å². The molecule has 4 saturated carbocycles. The Balaban J connectivity index is 1.59. The lowest BCUT2D eigenvalue weighted by atomic mass is 9.33. The summed E-state index contributed by atoms with van der Waals surface area (Å²) in [5, 5.41) is 21.6. The Morgan fingerprint density at radius 2 is 1.59 bits per heavy atom. The minimum absolute atomic E-state index is 0.0190. The zero-order chi connectivity index (χ0) is 23.3. The van der Waals surface area contributed by atoms with Gasteiger partial charge in [-0.1, -0.05) is 60.1 Å². The van der Waals surface area contributed by atoms with Gasteiger partial charge in [-0.05, 0) is 109 Å². The molecule has 0 radical (unpaired) electrons. The van der Waals surface area contributed by atoms with Crippen LogP contribution in [0.3, 0.4) is 0 Å². The Bertz CT molecular complexity index is 799. The molecule has 5 rings (SSSR count). The molecule has 2 N–H and O–H groups in total.